The summed E-state index contributed by atoms with van der Waals surface area (Å²) in [7, 11) is 3.19. The van der Waals surface area contributed by atoms with E-state index in [2.05, 4.69) is 45.8 Å². The molecule has 2 aliphatic heterocycles. The molecule has 0 spiro atoms. The minimum Gasteiger partial charge on any atom is -0.408 e. The number of carbonyl (C=O) groups excluding carboxylic acids is 1. The second kappa shape index (κ2) is 24.5. The molecule has 2 unspecified atom stereocenters. The summed E-state index contributed by atoms with van der Waals surface area (Å²) in [5.41, 5.74) is -1.06. The maximum absolute atomic E-state index is 13.7. The fourth-order valence-corrected chi connectivity index (χ4v) is 11.2. The lowest BCUT2D eigenvalue weighted by molar-refractivity contribution is -0.203. The molecule has 0 radical (unpaired) electrons. The van der Waals surface area contributed by atoms with Crippen LogP contribution in [0.3, 0.4) is 0 Å². The van der Waals surface area contributed by atoms with Gasteiger partial charge in [0.05, 0.1) is 0 Å². The van der Waals surface area contributed by atoms with Gasteiger partial charge in [-0.2, -0.15) is 0 Å². The summed E-state index contributed by atoms with van der Waals surface area (Å²) in [5, 5.41) is 2.18. The second-order valence-electron chi connectivity index (χ2n) is 16.6. The van der Waals surface area contributed by atoms with Crippen molar-refractivity contribution >= 4 is 35.8 Å². The predicted octanol–water partition coefficient (Wildman–Crippen LogP) is 9.79. The third-order valence-corrected chi connectivity index (χ3v) is 18.7. The van der Waals surface area contributed by atoms with Gasteiger partial charge in [-0.05, 0) is 43.8 Å². The highest BCUT2D eigenvalue weighted by atomic mass is 33.1. The molecule has 13 heteroatoms. The summed E-state index contributed by atoms with van der Waals surface area (Å²) in [6.07, 6.45) is 21.4. The van der Waals surface area contributed by atoms with Gasteiger partial charge in [-0.25, -0.2) is 9.86 Å². The molecular weight excluding hydrogens is 727 g/mol. The Morgan fingerprint density at radius 1 is 0.943 bits per heavy atom. The standard InChI is InChI=1S/C40H73N3O7S2Si/c1-8-9-10-11-12-13-14-15-16-17-18-19-20-23-28-43(35(45)25-22-21-24-32-27-30-51-52-32)48-31-33-36(50-53(6,7)40(2,3)4)37(47-5)38(49-33)42-29-26-34(44)41-39(42)46/h26,29,32-33,36-38H,8-25,27-28,30-31H2,1-7H3,(H,41,44,46)/t32-,33-,36?,37?,38-/m1/s1. The summed E-state index contributed by atoms with van der Waals surface area (Å²) >= 11 is 0. The van der Waals surface area contributed by atoms with Gasteiger partial charge in [0.25, 0.3) is 5.56 Å². The first-order valence-electron chi connectivity index (χ1n) is 20.8. The van der Waals surface area contributed by atoms with E-state index >= 15 is 0 Å². The first kappa shape index (κ1) is 46.3. The van der Waals surface area contributed by atoms with E-state index in [1.807, 2.05) is 21.6 Å². The first-order valence-corrected chi connectivity index (χ1v) is 26.1. The Labute approximate surface area is 329 Å². The number of rotatable bonds is 27. The van der Waals surface area contributed by atoms with E-state index in [1.165, 1.54) is 99.6 Å². The highest BCUT2D eigenvalue weighted by molar-refractivity contribution is 8.77. The first-order chi connectivity index (χ1) is 25.4. The van der Waals surface area contributed by atoms with E-state index in [4.69, 9.17) is 18.7 Å². The average molecular weight is 800 g/mol. The van der Waals surface area contributed by atoms with Crippen molar-refractivity contribution in [3.05, 3.63) is 33.1 Å². The minimum atomic E-state index is -2.33. The van der Waals surface area contributed by atoms with E-state index in [0.717, 1.165) is 38.5 Å². The molecule has 0 saturated carbocycles. The minimum absolute atomic E-state index is 0.00435. The summed E-state index contributed by atoms with van der Waals surface area (Å²) in [6.45, 7) is 13.7. The van der Waals surface area contributed by atoms with Crippen molar-refractivity contribution in [3.8, 4) is 0 Å². The molecule has 0 aliphatic carbocycles. The number of nitrogens with one attached hydrogen (secondary N) is 1. The molecule has 306 valence electrons. The Bertz CT molecular complexity index is 1280. The smallest absolute Gasteiger partial charge is 0.330 e. The number of carbonyl (C=O) groups is 1. The number of hydrogen-bond donors (Lipinski definition) is 1. The fraction of sp³-hybridized carbons (Fsp3) is 0.875. The number of nitrogens with zero attached hydrogens (tertiary/aromatic N) is 2. The second-order valence-corrected chi connectivity index (χ2v) is 24.1. The fourth-order valence-electron chi connectivity index (χ4n) is 6.82. The van der Waals surface area contributed by atoms with Crippen LogP contribution in [0.25, 0.3) is 0 Å². The summed E-state index contributed by atoms with van der Waals surface area (Å²) in [6, 6.07) is 1.30. The lowest BCUT2D eigenvalue weighted by atomic mass is 10.0. The maximum Gasteiger partial charge on any atom is 0.330 e. The molecule has 2 aliphatic rings. The number of amides is 1. The Morgan fingerprint density at radius 3 is 2.11 bits per heavy atom. The Morgan fingerprint density at radius 2 is 1.57 bits per heavy atom. The van der Waals surface area contributed by atoms with Crippen LogP contribution in [0.5, 0.6) is 0 Å². The molecule has 10 nitrogen and oxygen atoms in total. The molecule has 5 atom stereocenters. The van der Waals surface area contributed by atoms with Crippen molar-refractivity contribution in [2.75, 3.05) is 26.0 Å². The van der Waals surface area contributed by atoms with Crippen molar-refractivity contribution in [1.82, 2.24) is 14.6 Å². The zero-order chi connectivity index (χ0) is 38.7. The molecule has 1 N–H and O–H groups in total. The molecule has 3 heterocycles. The molecule has 0 bridgehead atoms. The number of aromatic nitrogens is 2. The molecule has 3 rings (SSSR count). The van der Waals surface area contributed by atoms with Crippen LogP contribution in [0.15, 0.2) is 21.9 Å². The maximum atomic E-state index is 13.7. The van der Waals surface area contributed by atoms with Crippen LogP contribution in [-0.2, 0) is 23.5 Å². The highest BCUT2D eigenvalue weighted by Crippen LogP contribution is 2.42. The molecule has 0 aromatic carbocycles. The molecule has 1 aromatic heterocycles. The molecule has 2 fully saturated rings. The number of unbranched alkanes of at least 4 members (excludes halogenated alkanes) is 14. The molecule has 2 saturated heterocycles. The van der Waals surface area contributed by atoms with Gasteiger partial charge in [0, 0.05) is 43.3 Å². The van der Waals surface area contributed by atoms with E-state index in [-0.39, 0.29) is 17.6 Å². The van der Waals surface area contributed by atoms with Crippen molar-refractivity contribution in [2.24, 2.45) is 0 Å². The highest BCUT2D eigenvalue weighted by Gasteiger charge is 2.51. The van der Waals surface area contributed by atoms with Crippen LogP contribution in [0, 0.1) is 0 Å². The summed E-state index contributed by atoms with van der Waals surface area (Å²) < 4.78 is 20.7. The number of ether oxygens (including phenoxy) is 2. The molecule has 1 amide bonds. The zero-order valence-corrected chi connectivity index (χ0v) is 36.8. The summed E-state index contributed by atoms with van der Waals surface area (Å²) in [4.78, 5) is 47.1. The number of hydroxylamine groups is 2. The van der Waals surface area contributed by atoms with Crippen LogP contribution >= 0.6 is 21.6 Å². The van der Waals surface area contributed by atoms with Gasteiger partial charge in [-0.1, -0.05) is 139 Å². The zero-order valence-electron chi connectivity index (χ0n) is 34.2. The van der Waals surface area contributed by atoms with Crippen LogP contribution in [0.2, 0.25) is 18.1 Å². The van der Waals surface area contributed by atoms with Gasteiger partial charge in [-0.3, -0.25) is 24.0 Å². The van der Waals surface area contributed by atoms with Crippen LogP contribution in [0.4, 0.5) is 0 Å². The average Bonchev–Trinajstić information content (AvgIpc) is 3.75. The van der Waals surface area contributed by atoms with Crippen LogP contribution < -0.4 is 11.2 Å². The third kappa shape index (κ3) is 16.1. The van der Waals surface area contributed by atoms with E-state index in [0.29, 0.717) is 18.2 Å². The Hall–Kier alpha value is -1.09. The van der Waals surface area contributed by atoms with E-state index < -0.39 is 44.1 Å². The van der Waals surface area contributed by atoms with Crippen molar-refractivity contribution < 1.29 is 23.5 Å². The number of aromatic amines is 1. The van der Waals surface area contributed by atoms with Gasteiger partial charge in [0.2, 0.25) is 5.91 Å². The quantitative estimate of drug-likeness (QED) is 0.0402. The van der Waals surface area contributed by atoms with Crippen molar-refractivity contribution in [1.29, 1.82) is 0 Å². The van der Waals surface area contributed by atoms with Crippen molar-refractivity contribution in [2.45, 2.75) is 198 Å². The van der Waals surface area contributed by atoms with Gasteiger partial charge in [0.15, 0.2) is 14.5 Å². The monoisotopic (exact) mass is 799 g/mol. The molecule has 53 heavy (non-hydrogen) atoms. The SMILES string of the molecule is CCCCCCCCCCCCCCCCN(OC[C@H]1O[C@@H](n2ccc(=O)[nH]c2=O)C(OC)C1O[Si](C)(C)C(C)(C)C)C(=O)CCCC[C@@H]1CCSS1. The van der Waals surface area contributed by atoms with E-state index in [1.54, 1.807) is 12.2 Å². The Kier molecular flexibility index (Phi) is 21.4. The Balaban J connectivity index is 1.60. The van der Waals surface area contributed by atoms with Crippen molar-refractivity contribution in [3.63, 3.8) is 0 Å². The van der Waals surface area contributed by atoms with Gasteiger partial charge in [-0.15, -0.1) is 0 Å². The third-order valence-electron chi connectivity index (χ3n) is 11.2. The lowest BCUT2D eigenvalue weighted by Crippen LogP contribution is -2.51. The van der Waals surface area contributed by atoms with Gasteiger partial charge >= 0.3 is 5.69 Å². The molecular formula is C40H73N3O7S2Si. The summed E-state index contributed by atoms with van der Waals surface area (Å²) in [5.74, 6) is 1.23. The normalized spacial score (nSPS) is 22.1. The number of H-pyrrole nitrogens is 1. The predicted molar refractivity (Wildman–Crippen MR) is 223 cm³/mol. The largest absolute Gasteiger partial charge is 0.408 e. The van der Waals surface area contributed by atoms with Gasteiger partial charge < -0.3 is 13.9 Å². The van der Waals surface area contributed by atoms with Gasteiger partial charge in [0.1, 0.15) is 24.9 Å². The topological polar surface area (TPSA) is 112 Å². The van der Waals surface area contributed by atoms with Crippen LogP contribution in [-0.4, -0.2) is 78.4 Å². The lowest BCUT2D eigenvalue weighted by Gasteiger charge is -2.40. The van der Waals surface area contributed by atoms with E-state index in [9.17, 15) is 14.4 Å². The van der Waals surface area contributed by atoms with Crippen LogP contribution in [0.1, 0.15) is 156 Å². The molecule has 1 aromatic rings. The number of methoxy groups -OCH3 is 1. The number of hydrogen-bond acceptors (Lipinski definition) is 9.